The number of phenolic OH excluding ortho intramolecular Hbond substituents is 2. The number of phenols is 2. The number of hydrogen-bond acceptors (Lipinski definition) is 9. The average molecular weight is 486 g/mol. The van der Waals surface area contributed by atoms with Crippen molar-refractivity contribution >= 4 is 17.5 Å². The third kappa shape index (κ3) is 4.30. The molecule has 0 aromatic heterocycles. The first kappa shape index (κ1) is 24.8. The molecule has 0 radical (unpaired) electrons. The predicted molar refractivity (Wildman–Crippen MR) is 120 cm³/mol. The highest BCUT2D eigenvalue weighted by Crippen LogP contribution is 2.44. The van der Waals surface area contributed by atoms with E-state index in [1.807, 2.05) is 0 Å². The molecule has 2 aromatic rings. The van der Waals surface area contributed by atoms with E-state index in [2.05, 4.69) is 0 Å². The quantitative estimate of drug-likeness (QED) is 0.296. The lowest BCUT2D eigenvalue weighted by Gasteiger charge is -2.25. The van der Waals surface area contributed by atoms with Crippen LogP contribution in [0.25, 0.3) is 0 Å². The fourth-order valence-electron chi connectivity index (χ4n) is 4.87. The molecular weight excluding hydrogens is 460 g/mol. The summed E-state index contributed by atoms with van der Waals surface area (Å²) in [6.07, 6.45) is -4.43. The summed E-state index contributed by atoms with van der Waals surface area (Å²) in [6.45, 7) is 2.75. The molecule has 1 fully saturated rings. The molecule has 10 heteroatoms. The third-order valence-corrected chi connectivity index (χ3v) is 6.50. The smallest absolute Gasteiger partial charge is 0.306 e. The van der Waals surface area contributed by atoms with Gasteiger partial charge >= 0.3 is 5.97 Å². The zero-order chi connectivity index (χ0) is 25.8. The molecule has 10 nitrogen and oxygen atoms in total. The van der Waals surface area contributed by atoms with E-state index < -0.39 is 65.5 Å². The van der Waals surface area contributed by atoms with Crippen LogP contribution in [0.1, 0.15) is 75.8 Å². The number of hydrogen-bond donors (Lipinski definition) is 6. The molecule has 0 amide bonds. The summed E-state index contributed by atoms with van der Waals surface area (Å²) in [5.41, 5.74) is -2.27. The van der Waals surface area contributed by atoms with Crippen molar-refractivity contribution in [1.29, 1.82) is 0 Å². The van der Waals surface area contributed by atoms with Gasteiger partial charge in [-0.1, -0.05) is 12.1 Å². The van der Waals surface area contributed by atoms with Crippen molar-refractivity contribution in [3.63, 3.8) is 0 Å². The minimum Gasteiger partial charge on any atom is -0.507 e. The van der Waals surface area contributed by atoms with Crippen LogP contribution >= 0.6 is 0 Å². The van der Waals surface area contributed by atoms with Gasteiger partial charge in [-0.25, -0.2) is 0 Å². The van der Waals surface area contributed by atoms with Gasteiger partial charge in [-0.3, -0.25) is 14.4 Å². The van der Waals surface area contributed by atoms with Crippen molar-refractivity contribution in [1.82, 2.24) is 0 Å². The van der Waals surface area contributed by atoms with Gasteiger partial charge in [-0.15, -0.1) is 0 Å². The van der Waals surface area contributed by atoms with Crippen molar-refractivity contribution in [3.8, 4) is 11.5 Å². The Bertz CT molecular complexity index is 1230. The van der Waals surface area contributed by atoms with Crippen LogP contribution in [0.5, 0.6) is 11.5 Å². The Hall–Kier alpha value is -3.31. The van der Waals surface area contributed by atoms with Gasteiger partial charge in [0.05, 0.1) is 41.5 Å². The summed E-state index contributed by atoms with van der Waals surface area (Å²) in [6, 6.07) is 5.33. The Balaban J connectivity index is 1.72. The zero-order valence-electron chi connectivity index (χ0n) is 19.1. The number of carboxylic acids is 1. The Morgan fingerprint density at radius 3 is 2.20 bits per heavy atom. The van der Waals surface area contributed by atoms with E-state index in [-0.39, 0.29) is 46.2 Å². The highest BCUT2D eigenvalue weighted by Gasteiger charge is 2.41. The standard InChI is InChI=1S/C25H26O10/c1-10(26)24-15(27)7-16(35-24)12-5-6-14-19(21(12)31)23(33)13-4-3-11(20(30)18(13)22(14)32)8-25(2,34)9-17(28)29/h3-6,10,15-16,24,26-27,30-31,34H,7-9H2,1-2H3,(H,28,29)/t10-,15-,16-,24-,25-/m1/s1. The largest absolute Gasteiger partial charge is 0.507 e. The molecule has 6 N–H and O–H groups in total. The van der Waals surface area contributed by atoms with E-state index in [9.17, 15) is 39.9 Å². The summed E-state index contributed by atoms with van der Waals surface area (Å²) in [7, 11) is 0. The molecule has 4 rings (SSSR count). The topological polar surface area (TPSA) is 182 Å². The van der Waals surface area contributed by atoms with E-state index >= 15 is 0 Å². The molecule has 0 saturated carbocycles. The monoisotopic (exact) mass is 486 g/mol. The minimum absolute atomic E-state index is 0.0705. The van der Waals surface area contributed by atoms with E-state index in [0.29, 0.717) is 0 Å². The second kappa shape index (κ2) is 8.72. The number of benzene rings is 2. The van der Waals surface area contributed by atoms with E-state index in [1.54, 1.807) is 0 Å². The zero-order valence-corrected chi connectivity index (χ0v) is 19.1. The lowest BCUT2D eigenvalue weighted by atomic mass is 9.79. The Kier molecular flexibility index (Phi) is 6.18. The SMILES string of the molecule is C[C@@H](O)[C@H]1O[C@@H](c2ccc3c(c2O)C(=O)c2ccc(C[C@@](C)(O)CC(=O)O)c(O)c2C3=O)C[C@H]1O. The predicted octanol–water partition coefficient (Wildman–Crippen LogP) is 1.21. The van der Waals surface area contributed by atoms with Crippen molar-refractivity contribution in [2.75, 3.05) is 0 Å². The van der Waals surface area contributed by atoms with Crippen LogP contribution in [0.3, 0.4) is 0 Å². The van der Waals surface area contributed by atoms with Gasteiger partial charge in [-0.05, 0) is 31.5 Å². The number of carbonyl (C=O) groups excluding carboxylic acids is 2. The number of aromatic hydroxyl groups is 2. The highest BCUT2D eigenvalue weighted by molar-refractivity contribution is 6.30. The van der Waals surface area contributed by atoms with Crippen molar-refractivity contribution in [3.05, 3.63) is 57.6 Å². The molecule has 2 aromatic carbocycles. The summed E-state index contributed by atoms with van der Waals surface area (Å²) < 4.78 is 5.67. The molecule has 35 heavy (non-hydrogen) atoms. The van der Waals surface area contributed by atoms with Gasteiger partial charge in [-0.2, -0.15) is 0 Å². The summed E-state index contributed by atoms with van der Waals surface area (Å²) >= 11 is 0. The maximum Gasteiger partial charge on any atom is 0.306 e. The number of fused-ring (bicyclic) bond motifs is 2. The molecule has 0 bridgehead atoms. The molecule has 1 heterocycles. The summed E-state index contributed by atoms with van der Waals surface area (Å²) in [5.74, 6) is -3.69. The van der Waals surface area contributed by atoms with Gasteiger partial charge in [0, 0.05) is 29.5 Å². The number of rotatable bonds is 6. The maximum absolute atomic E-state index is 13.3. The van der Waals surface area contributed by atoms with Crippen molar-refractivity contribution in [2.24, 2.45) is 0 Å². The Morgan fingerprint density at radius 2 is 1.66 bits per heavy atom. The van der Waals surface area contributed by atoms with Gasteiger partial charge < -0.3 is 35.4 Å². The number of ether oxygens (including phenoxy) is 1. The van der Waals surface area contributed by atoms with Crippen molar-refractivity contribution in [2.45, 2.75) is 63.1 Å². The minimum atomic E-state index is -1.71. The number of carbonyl (C=O) groups is 3. The molecule has 5 atom stereocenters. The Labute approximate surface area is 200 Å². The highest BCUT2D eigenvalue weighted by atomic mass is 16.5. The summed E-state index contributed by atoms with van der Waals surface area (Å²) in [4.78, 5) is 37.6. The number of aliphatic hydroxyl groups excluding tert-OH is 2. The van der Waals surface area contributed by atoms with Gasteiger partial charge in [0.2, 0.25) is 0 Å². The van der Waals surface area contributed by atoms with Crippen molar-refractivity contribution < 1.29 is 49.8 Å². The van der Waals surface area contributed by atoms with Crippen LogP contribution in [0, 0.1) is 0 Å². The van der Waals surface area contributed by atoms with Crippen LogP contribution in [0.15, 0.2) is 24.3 Å². The lowest BCUT2D eigenvalue weighted by molar-refractivity contribution is -0.141. The Morgan fingerprint density at radius 1 is 1.09 bits per heavy atom. The van der Waals surface area contributed by atoms with Crippen LogP contribution in [-0.4, -0.2) is 72.1 Å². The first-order chi connectivity index (χ1) is 16.3. The third-order valence-electron chi connectivity index (χ3n) is 6.50. The molecule has 2 aliphatic rings. The van der Waals surface area contributed by atoms with Crippen LogP contribution in [0.2, 0.25) is 0 Å². The number of carboxylic acid groups (broad SMARTS) is 1. The van der Waals surface area contributed by atoms with E-state index in [4.69, 9.17) is 9.84 Å². The number of ketones is 2. The van der Waals surface area contributed by atoms with Gasteiger partial charge in [0.1, 0.15) is 17.6 Å². The second-order valence-electron chi connectivity index (χ2n) is 9.46. The average Bonchev–Trinajstić information content (AvgIpc) is 3.13. The van der Waals surface area contributed by atoms with Crippen LogP contribution in [0.4, 0.5) is 0 Å². The second-order valence-corrected chi connectivity index (χ2v) is 9.46. The van der Waals surface area contributed by atoms with Crippen LogP contribution in [-0.2, 0) is 16.0 Å². The molecular formula is C25H26O10. The molecule has 1 aliphatic carbocycles. The molecule has 0 spiro atoms. The van der Waals surface area contributed by atoms with Gasteiger partial charge in [0.15, 0.2) is 11.6 Å². The summed E-state index contributed by atoms with van der Waals surface area (Å²) in [5, 5.41) is 61.0. The van der Waals surface area contributed by atoms with Gasteiger partial charge in [0.25, 0.3) is 0 Å². The first-order valence-electron chi connectivity index (χ1n) is 11.1. The van der Waals surface area contributed by atoms with E-state index in [0.717, 1.165) is 0 Å². The normalized spacial score (nSPS) is 24.0. The maximum atomic E-state index is 13.3. The van der Waals surface area contributed by atoms with E-state index in [1.165, 1.54) is 38.1 Å². The lowest BCUT2D eigenvalue weighted by Crippen LogP contribution is -2.31. The molecule has 1 saturated heterocycles. The fourth-order valence-corrected chi connectivity index (χ4v) is 4.87. The number of aliphatic hydroxyl groups is 3. The first-order valence-corrected chi connectivity index (χ1v) is 11.1. The molecule has 1 aliphatic heterocycles. The number of aliphatic carboxylic acids is 1. The molecule has 0 unspecified atom stereocenters. The van der Waals surface area contributed by atoms with Crippen LogP contribution < -0.4 is 0 Å². The molecule has 186 valence electrons. The fraction of sp³-hybridized carbons (Fsp3) is 0.400.